The second-order valence-corrected chi connectivity index (χ2v) is 6.51. The monoisotopic (exact) mass is 321 g/mol. The van der Waals surface area contributed by atoms with E-state index in [1.165, 1.54) is 0 Å². The molecule has 0 radical (unpaired) electrons. The van der Waals surface area contributed by atoms with Gasteiger partial charge in [0, 0.05) is 19.3 Å². The van der Waals surface area contributed by atoms with E-state index in [0.29, 0.717) is 24.9 Å². The van der Waals surface area contributed by atoms with Gasteiger partial charge in [-0.25, -0.2) is 0 Å². The third kappa shape index (κ3) is 5.71. The van der Waals surface area contributed by atoms with Gasteiger partial charge in [0.1, 0.15) is 0 Å². The number of pyridine rings is 1. The van der Waals surface area contributed by atoms with E-state index < -0.39 is 0 Å². The molecule has 0 aromatic carbocycles. The standard InChI is InChI=1S/C17H27N3O3/c1-13(2)10-19-16(21)12-23-15-4-3-9-20(17(15)22)11-14-5-7-18-8-6-14/h3-4,9,13-14,18H,5-8,10-12H2,1-2H3,(H,19,21). The van der Waals surface area contributed by atoms with Crippen LogP contribution in [0.2, 0.25) is 0 Å². The van der Waals surface area contributed by atoms with Gasteiger partial charge in [-0.05, 0) is 49.9 Å². The van der Waals surface area contributed by atoms with Crippen LogP contribution in [0.25, 0.3) is 0 Å². The van der Waals surface area contributed by atoms with Crippen molar-refractivity contribution in [3.05, 3.63) is 28.7 Å². The van der Waals surface area contributed by atoms with Crippen molar-refractivity contribution in [3.63, 3.8) is 0 Å². The van der Waals surface area contributed by atoms with Crippen molar-refractivity contribution in [1.29, 1.82) is 0 Å². The van der Waals surface area contributed by atoms with Crippen LogP contribution < -0.4 is 20.9 Å². The zero-order valence-electron chi connectivity index (χ0n) is 14.0. The van der Waals surface area contributed by atoms with Gasteiger partial charge in [0.15, 0.2) is 12.4 Å². The van der Waals surface area contributed by atoms with Crippen LogP contribution in [0.5, 0.6) is 5.75 Å². The van der Waals surface area contributed by atoms with E-state index in [-0.39, 0.29) is 23.8 Å². The molecular weight excluding hydrogens is 294 g/mol. The molecule has 128 valence electrons. The predicted octanol–water partition coefficient (Wildman–Crippen LogP) is 0.999. The number of nitrogens with one attached hydrogen (secondary N) is 2. The van der Waals surface area contributed by atoms with Crippen molar-refractivity contribution in [1.82, 2.24) is 15.2 Å². The number of carbonyl (C=O) groups excluding carboxylic acids is 1. The van der Waals surface area contributed by atoms with Gasteiger partial charge in [-0.1, -0.05) is 13.8 Å². The zero-order chi connectivity index (χ0) is 16.7. The molecule has 0 saturated carbocycles. The summed E-state index contributed by atoms with van der Waals surface area (Å²) in [7, 11) is 0. The Labute approximate surface area is 137 Å². The lowest BCUT2D eigenvalue weighted by Crippen LogP contribution is -2.34. The number of amides is 1. The quantitative estimate of drug-likeness (QED) is 0.786. The maximum atomic E-state index is 12.4. The molecule has 1 fully saturated rings. The summed E-state index contributed by atoms with van der Waals surface area (Å²) in [6.45, 7) is 7.25. The molecule has 0 bridgehead atoms. The van der Waals surface area contributed by atoms with Crippen LogP contribution in [0.1, 0.15) is 26.7 Å². The fraction of sp³-hybridized carbons (Fsp3) is 0.647. The van der Waals surface area contributed by atoms with Crippen LogP contribution in [-0.2, 0) is 11.3 Å². The van der Waals surface area contributed by atoms with Crippen molar-refractivity contribution in [2.24, 2.45) is 11.8 Å². The molecule has 6 nitrogen and oxygen atoms in total. The topological polar surface area (TPSA) is 72.4 Å². The first-order valence-electron chi connectivity index (χ1n) is 8.36. The SMILES string of the molecule is CC(C)CNC(=O)COc1cccn(CC2CCNCC2)c1=O. The van der Waals surface area contributed by atoms with Gasteiger partial charge in [0.25, 0.3) is 11.5 Å². The molecule has 23 heavy (non-hydrogen) atoms. The largest absolute Gasteiger partial charge is 0.478 e. The van der Waals surface area contributed by atoms with Crippen molar-refractivity contribution in [2.45, 2.75) is 33.2 Å². The van der Waals surface area contributed by atoms with E-state index >= 15 is 0 Å². The number of hydrogen-bond donors (Lipinski definition) is 2. The summed E-state index contributed by atoms with van der Waals surface area (Å²) in [4.78, 5) is 24.1. The molecule has 1 aromatic rings. The molecule has 0 atom stereocenters. The Balaban J connectivity index is 1.91. The van der Waals surface area contributed by atoms with Crippen LogP contribution in [0.3, 0.4) is 0 Å². The van der Waals surface area contributed by atoms with Gasteiger partial charge in [-0.2, -0.15) is 0 Å². The molecule has 1 saturated heterocycles. The van der Waals surface area contributed by atoms with E-state index in [2.05, 4.69) is 10.6 Å². The minimum atomic E-state index is -0.202. The first-order valence-corrected chi connectivity index (χ1v) is 8.36. The summed E-state index contributed by atoms with van der Waals surface area (Å²) >= 11 is 0. The summed E-state index contributed by atoms with van der Waals surface area (Å²) in [5, 5.41) is 6.09. The highest BCUT2D eigenvalue weighted by atomic mass is 16.5. The first kappa shape index (κ1) is 17.5. The molecule has 0 aliphatic carbocycles. The van der Waals surface area contributed by atoms with Gasteiger partial charge < -0.3 is 19.9 Å². The number of rotatable bonds is 7. The second-order valence-electron chi connectivity index (χ2n) is 6.51. The maximum absolute atomic E-state index is 12.4. The third-order valence-corrected chi connectivity index (χ3v) is 3.97. The lowest BCUT2D eigenvalue weighted by atomic mass is 9.98. The lowest BCUT2D eigenvalue weighted by molar-refractivity contribution is -0.123. The fourth-order valence-corrected chi connectivity index (χ4v) is 2.62. The summed E-state index contributed by atoms with van der Waals surface area (Å²) in [5.74, 6) is 0.935. The number of ether oxygens (including phenoxy) is 1. The zero-order valence-corrected chi connectivity index (χ0v) is 14.0. The van der Waals surface area contributed by atoms with E-state index in [0.717, 1.165) is 25.9 Å². The fourth-order valence-electron chi connectivity index (χ4n) is 2.62. The minimum Gasteiger partial charge on any atom is -0.478 e. The molecule has 1 amide bonds. The average molecular weight is 321 g/mol. The Morgan fingerprint density at radius 1 is 1.43 bits per heavy atom. The van der Waals surface area contributed by atoms with E-state index in [1.807, 2.05) is 13.8 Å². The number of aromatic nitrogens is 1. The number of carbonyl (C=O) groups is 1. The van der Waals surface area contributed by atoms with Gasteiger partial charge in [-0.15, -0.1) is 0 Å². The molecule has 6 heteroatoms. The minimum absolute atomic E-state index is 0.126. The van der Waals surface area contributed by atoms with Gasteiger partial charge in [0.05, 0.1) is 0 Å². The average Bonchev–Trinajstić information content (AvgIpc) is 2.54. The summed E-state index contributed by atoms with van der Waals surface area (Å²) in [6.07, 6.45) is 3.94. The molecule has 2 N–H and O–H groups in total. The summed E-state index contributed by atoms with van der Waals surface area (Å²) < 4.78 is 7.09. The number of hydrogen-bond acceptors (Lipinski definition) is 4. The molecule has 0 unspecified atom stereocenters. The smallest absolute Gasteiger partial charge is 0.292 e. The van der Waals surface area contributed by atoms with Gasteiger partial charge in [0.2, 0.25) is 0 Å². The van der Waals surface area contributed by atoms with E-state index in [1.54, 1.807) is 22.9 Å². The Bertz CT molecular complexity index is 562. The van der Waals surface area contributed by atoms with Crippen molar-refractivity contribution < 1.29 is 9.53 Å². The van der Waals surface area contributed by atoms with Gasteiger partial charge >= 0.3 is 0 Å². The second kappa shape index (κ2) is 8.72. The van der Waals surface area contributed by atoms with E-state index in [4.69, 9.17) is 4.74 Å². The molecule has 1 aliphatic rings. The van der Waals surface area contributed by atoms with Crippen LogP contribution >= 0.6 is 0 Å². The van der Waals surface area contributed by atoms with Crippen molar-refractivity contribution in [2.75, 3.05) is 26.2 Å². The lowest BCUT2D eigenvalue weighted by Gasteiger charge is -2.23. The van der Waals surface area contributed by atoms with E-state index in [9.17, 15) is 9.59 Å². The molecule has 2 rings (SSSR count). The molecule has 2 heterocycles. The molecule has 0 spiro atoms. The Morgan fingerprint density at radius 3 is 2.87 bits per heavy atom. The summed E-state index contributed by atoms with van der Waals surface area (Å²) in [6, 6.07) is 3.42. The van der Waals surface area contributed by atoms with Crippen LogP contribution in [-0.4, -0.2) is 36.7 Å². The number of piperidine rings is 1. The highest BCUT2D eigenvalue weighted by Crippen LogP contribution is 2.14. The van der Waals surface area contributed by atoms with Crippen molar-refractivity contribution >= 4 is 5.91 Å². The first-order chi connectivity index (χ1) is 11.1. The third-order valence-electron chi connectivity index (χ3n) is 3.97. The van der Waals surface area contributed by atoms with Crippen LogP contribution in [0.15, 0.2) is 23.1 Å². The highest BCUT2D eigenvalue weighted by molar-refractivity contribution is 5.77. The highest BCUT2D eigenvalue weighted by Gasteiger charge is 2.15. The Morgan fingerprint density at radius 2 is 2.17 bits per heavy atom. The maximum Gasteiger partial charge on any atom is 0.292 e. The normalized spacial score (nSPS) is 15.6. The number of nitrogens with zero attached hydrogens (tertiary/aromatic N) is 1. The Hall–Kier alpha value is -1.82. The predicted molar refractivity (Wildman–Crippen MR) is 89.6 cm³/mol. The van der Waals surface area contributed by atoms with Crippen LogP contribution in [0.4, 0.5) is 0 Å². The van der Waals surface area contributed by atoms with Gasteiger partial charge in [-0.3, -0.25) is 9.59 Å². The Kier molecular flexibility index (Phi) is 6.65. The molecular formula is C17H27N3O3. The van der Waals surface area contributed by atoms with Crippen LogP contribution in [0, 0.1) is 11.8 Å². The summed E-state index contributed by atoms with van der Waals surface area (Å²) in [5.41, 5.74) is -0.164. The van der Waals surface area contributed by atoms with Crippen molar-refractivity contribution in [3.8, 4) is 5.75 Å². The molecule has 1 aliphatic heterocycles. The molecule has 1 aromatic heterocycles.